The molecule has 2 aromatic rings. The van der Waals surface area contributed by atoms with Crippen LogP contribution in [0.5, 0.6) is 0 Å². The van der Waals surface area contributed by atoms with Gasteiger partial charge in [-0.15, -0.1) is 5.10 Å². The predicted molar refractivity (Wildman–Crippen MR) is 106 cm³/mol. The van der Waals surface area contributed by atoms with Gasteiger partial charge in [-0.3, -0.25) is 14.3 Å². The summed E-state index contributed by atoms with van der Waals surface area (Å²) in [6.07, 6.45) is -9.56. The summed E-state index contributed by atoms with van der Waals surface area (Å²) < 4.78 is 18.5. The van der Waals surface area contributed by atoms with Crippen LogP contribution in [0.4, 0.5) is 0 Å². The number of aliphatic hydroxyl groups is 6. The molecule has 4 rings (SSSR count). The lowest BCUT2D eigenvalue weighted by molar-refractivity contribution is -0.304. The van der Waals surface area contributed by atoms with E-state index in [2.05, 4.69) is 10.3 Å². The molecular weight excluding hydrogens is 462 g/mol. The Morgan fingerprint density at radius 1 is 1.00 bits per heavy atom. The number of hydrogen-bond donors (Lipinski definition) is 7. The molecule has 0 radical (unpaired) electrons. The zero-order valence-electron chi connectivity index (χ0n) is 17.6. The molecule has 188 valence electrons. The standard InChI is InChI=1S/C18H25N5O11/c24-5-9-12(27)13(28)15(30)17(34-9)32-6-7-3-22(21-20-7)4-8-11(26)14(29)16(33-8)23-2-1-10(25)19-18(23)31/h1-3,8-9,11-17,24,26-30H,4-6H2,(H,19,25,31)/t8-,9-,11-,12-,13+,14-,15-,16-,17-/m1/s1. The van der Waals surface area contributed by atoms with Gasteiger partial charge in [0.1, 0.15) is 48.4 Å². The Morgan fingerprint density at radius 3 is 2.44 bits per heavy atom. The van der Waals surface area contributed by atoms with Crippen molar-refractivity contribution >= 4 is 0 Å². The van der Waals surface area contributed by atoms with Crippen LogP contribution in [-0.2, 0) is 27.4 Å². The van der Waals surface area contributed by atoms with Crippen LogP contribution in [0.3, 0.4) is 0 Å². The molecule has 34 heavy (non-hydrogen) atoms. The summed E-state index contributed by atoms with van der Waals surface area (Å²) >= 11 is 0. The van der Waals surface area contributed by atoms with Gasteiger partial charge in [-0.1, -0.05) is 5.21 Å². The normalized spacial score (nSPS) is 36.1. The molecule has 4 heterocycles. The average molecular weight is 487 g/mol. The minimum absolute atomic E-state index is 0.0557. The van der Waals surface area contributed by atoms with E-state index < -0.39 is 73.1 Å². The van der Waals surface area contributed by atoms with Gasteiger partial charge in [0, 0.05) is 12.3 Å². The molecule has 0 aromatic carbocycles. The van der Waals surface area contributed by atoms with Gasteiger partial charge in [0.15, 0.2) is 12.5 Å². The number of aromatic amines is 1. The number of ether oxygens (including phenoxy) is 3. The van der Waals surface area contributed by atoms with Crippen molar-refractivity contribution in [2.45, 2.75) is 68.4 Å². The Kier molecular flexibility index (Phi) is 7.22. The minimum atomic E-state index is -1.58. The lowest BCUT2D eigenvalue weighted by Gasteiger charge is -2.39. The quantitative estimate of drug-likeness (QED) is 0.194. The van der Waals surface area contributed by atoms with E-state index in [1.165, 1.54) is 10.9 Å². The molecular formula is C18H25N5O11. The van der Waals surface area contributed by atoms with Crippen LogP contribution in [-0.4, -0.2) is 111 Å². The number of nitrogens with one attached hydrogen (secondary N) is 1. The van der Waals surface area contributed by atoms with Crippen molar-refractivity contribution in [2.24, 2.45) is 0 Å². The maximum atomic E-state index is 12.0. The van der Waals surface area contributed by atoms with Gasteiger partial charge in [-0.05, 0) is 0 Å². The highest BCUT2D eigenvalue weighted by atomic mass is 16.7. The van der Waals surface area contributed by atoms with Gasteiger partial charge in [-0.2, -0.15) is 0 Å². The van der Waals surface area contributed by atoms with E-state index >= 15 is 0 Å². The van der Waals surface area contributed by atoms with Gasteiger partial charge in [0.25, 0.3) is 5.56 Å². The van der Waals surface area contributed by atoms with Crippen LogP contribution in [0.15, 0.2) is 28.0 Å². The molecule has 7 N–H and O–H groups in total. The summed E-state index contributed by atoms with van der Waals surface area (Å²) in [5.41, 5.74) is -1.15. The lowest BCUT2D eigenvalue weighted by Crippen LogP contribution is -2.59. The number of aliphatic hydroxyl groups excluding tert-OH is 6. The summed E-state index contributed by atoms with van der Waals surface area (Å²) in [7, 11) is 0. The Morgan fingerprint density at radius 2 is 1.74 bits per heavy atom. The van der Waals surface area contributed by atoms with Gasteiger partial charge in [0.05, 0.1) is 26.0 Å². The molecule has 2 aliphatic heterocycles. The third-order valence-electron chi connectivity index (χ3n) is 5.66. The van der Waals surface area contributed by atoms with Gasteiger partial charge < -0.3 is 44.8 Å². The minimum Gasteiger partial charge on any atom is -0.394 e. The summed E-state index contributed by atoms with van der Waals surface area (Å²) in [4.78, 5) is 25.3. The topological polar surface area (TPSA) is 235 Å². The number of hydrogen-bond acceptors (Lipinski definition) is 13. The van der Waals surface area contributed by atoms with Gasteiger partial charge in [-0.25, -0.2) is 9.48 Å². The second kappa shape index (κ2) is 9.98. The smallest absolute Gasteiger partial charge is 0.330 e. The van der Waals surface area contributed by atoms with E-state index in [9.17, 15) is 40.2 Å². The van der Waals surface area contributed by atoms with E-state index in [4.69, 9.17) is 14.2 Å². The first kappa shape index (κ1) is 24.6. The zero-order valence-corrected chi connectivity index (χ0v) is 17.6. The SMILES string of the molecule is O=c1ccn([C@@H]2O[C@H](Cn3cc(CO[C@@H]4O[C@H](CO)[C@@H](O)[C@H](O)[C@H]4O)nn3)[C@@H](O)[C@H]2O)c(=O)[nH]1. The van der Waals surface area contributed by atoms with Crippen LogP contribution < -0.4 is 11.2 Å². The first-order valence-corrected chi connectivity index (χ1v) is 10.3. The van der Waals surface area contributed by atoms with Gasteiger partial charge >= 0.3 is 5.69 Å². The largest absolute Gasteiger partial charge is 0.394 e. The maximum absolute atomic E-state index is 12.0. The molecule has 0 amide bonds. The van der Waals surface area contributed by atoms with E-state index in [1.54, 1.807) is 0 Å². The fourth-order valence-corrected chi connectivity index (χ4v) is 3.79. The number of H-pyrrole nitrogens is 1. The van der Waals surface area contributed by atoms with Crippen LogP contribution in [0.2, 0.25) is 0 Å². The molecule has 0 aliphatic carbocycles. The van der Waals surface area contributed by atoms with Crippen LogP contribution in [0.25, 0.3) is 0 Å². The highest BCUT2D eigenvalue weighted by Crippen LogP contribution is 2.29. The summed E-state index contributed by atoms with van der Waals surface area (Å²) in [6.45, 7) is -0.864. The van der Waals surface area contributed by atoms with Gasteiger partial charge in [0.2, 0.25) is 0 Å². The fraction of sp³-hybridized carbons (Fsp3) is 0.667. The van der Waals surface area contributed by atoms with Crippen molar-refractivity contribution in [3.63, 3.8) is 0 Å². The maximum Gasteiger partial charge on any atom is 0.330 e. The van der Waals surface area contributed by atoms with Crippen molar-refractivity contribution in [1.82, 2.24) is 24.5 Å². The van der Waals surface area contributed by atoms with E-state index in [-0.39, 0.29) is 18.8 Å². The second-order valence-electron chi connectivity index (χ2n) is 8.00. The van der Waals surface area contributed by atoms with E-state index in [1.807, 2.05) is 4.98 Å². The van der Waals surface area contributed by atoms with E-state index in [0.717, 1.165) is 16.8 Å². The Bertz CT molecular complexity index is 1090. The highest BCUT2D eigenvalue weighted by Gasteiger charge is 2.45. The highest BCUT2D eigenvalue weighted by molar-refractivity contribution is 4.96. The monoisotopic (exact) mass is 487 g/mol. The third-order valence-corrected chi connectivity index (χ3v) is 5.66. The molecule has 16 heteroatoms. The zero-order chi connectivity index (χ0) is 24.6. The van der Waals surface area contributed by atoms with Crippen LogP contribution >= 0.6 is 0 Å². The first-order chi connectivity index (χ1) is 16.2. The molecule has 2 aromatic heterocycles. The molecule has 0 saturated carbocycles. The molecule has 0 spiro atoms. The second-order valence-corrected chi connectivity index (χ2v) is 8.00. The van der Waals surface area contributed by atoms with Crippen molar-refractivity contribution in [2.75, 3.05) is 6.61 Å². The molecule has 0 unspecified atom stereocenters. The molecule has 9 atom stereocenters. The van der Waals surface area contributed by atoms with Crippen molar-refractivity contribution in [3.05, 3.63) is 45.0 Å². The Hall–Kier alpha value is -2.54. The van der Waals surface area contributed by atoms with Crippen molar-refractivity contribution in [3.8, 4) is 0 Å². The fourth-order valence-electron chi connectivity index (χ4n) is 3.79. The predicted octanol–water partition coefficient (Wildman–Crippen LogP) is -5.24. The first-order valence-electron chi connectivity index (χ1n) is 10.3. The third kappa shape index (κ3) is 4.81. The Labute approximate surface area is 190 Å². The van der Waals surface area contributed by atoms with Crippen molar-refractivity contribution in [1.29, 1.82) is 0 Å². The van der Waals surface area contributed by atoms with Crippen LogP contribution in [0, 0.1) is 0 Å². The Balaban J connectivity index is 1.36. The summed E-state index contributed by atoms with van der Waals surface area (Å²) in [6, 6.07) is 1.08. The molecule has 0 bridgehead atoms. The molecule has 2 aliphatic rings. The lowest BCUT2D eigenvalue weighted by atomic mass is 9.99. The van der Waals surface area contributed by atoms with Crippen LogP contribution in [0.1, 0.15) is 11.9 Å². The number of nitrogens with zero attached hydrogens (tertiary/aromatic N) is 4. The summed E-state index contributed by atoms with van der Waals surface area (Å²) in [5, 5.41) is 67.2. The summed E-state index contributed by atoms with van der Waals surface area (Å²) in [5.74, 6) is 0. The molecule has 2 saturated heterocycles. The average Bonchev–Trinajstić information content (AvgIpc) is 3.37. The number of aromatic nitrogens is 5. The van der Waals surface area contributed by atoms with E-state index in [0.29, 0.717) is 0 Å². The van der Waals surface area contributed by atoms with Crippen molar-refractivity contribution < 1.29 is 44.8 Å². The molecule has 16 nitrogen and oxygen atoms in total. The molecule has 2 fully saturated rings. The number of rotatable bonds is 7.